The van der Waals surface area contributed by atoms with E-state index in [9.17, 15) is 9.59 Å². The molecule has 0 bridgehead atoms. The highest BCUT2D eigenvalue weighted by Crippen LogP contribution is 2.16. The van der Waals surface area contributed by atoms with Crippen LogP contribution in [-0.2, 0) is 16.0 Å². The molecule has 1 amide bonds. The molecular weight excluding hydrogens is 302 g/mol. The zero-order chi connectivity index (χ0) is 16.7. The largest absolute Gasteiger partial charge is 0.480 e. The third-order valence-electron chi connectivity index (χ3n) is 3.26. The number of carboxylic acid groups (broad SMARTS) is 1. The number of nitrogens with one attached hydrogen (secondary N) is 1. The normalized spacial score (nSPS) is 12.0. The van der Waals surface area contributed by atoms with Gasteiger partial charge in [0.15, 0.2) is 5.76 Å². The van der Waals surface area contributed by atoms with Gasteiger partial charge in [0.05, 0.1) is 6.26 Å². The van der Waals surface area contributed by atoms with Crippen molar-refractivity contribution in [2.24, 2.45) is 0 Å². The second-order valence-corrected chi connectivity index (χ2v) is 5.09. The molecule has 2 heterocycles. The van der Waals surface area contributed by atoms with Crippen molar-refractivity contribution < 1.29 is 23.6 Å². The fourth-order valence-electron chi connectivity index (χ4n) is 2.01. The Bertz CT molecular complexity index is 635. The minimum Gasteiger partial charge on any atom is -0.480 e. The molecule has 8 nitrogen and oxygen atoms in total. The van der Waals surface area contributed by atoms with Crippen LogP contribution in [0.4, 0.5) is 0 Å². The molecule has 0 aromatic carbocycles. The molecule has 0 radical (unpaired) electrons. The topological polar surface area (TPSA) is 118 Å². The molecule has 0 spiro atoms. The molecule has 23 heavy (non-hydrogen) atoms. The number of carbonyl (C=O) groups is 2. The number of aliphatic carboxylic acids is 1. The lowest BCUT2D eigenvalue weighted by molar-refractivity contribution is -0.142. The smallest absolute Gasteiger partial charge is 0.326 e. The summed E-state index contributed by atoms with van der Waals surface area (Å²) in [6.45, 7) is 1.97. The van der Waals surface area contributed by atoms with Gasteiger partial charge in [-0.15, -0.1) is 0 Å². The van der Waals surface area contributed by atoms with Gasteiger partial charge in [-0.05, 0) is 18.6 Å². The summed E-state index contributed by atoms with van der Waals surface area (Å²) in [6, 6.07) is 2.55. The summed E-state index contributed by atoms with van der Waals surface area (Å²) in [7, 11) is 0. The number of hydrogen-bond acceptors (Lipinski definition) is 6. The minimum atomic E-state index is -1.02. The Hall–Kier alpha value is -2.64. The van der Waals surface area contributed by atoms with Gasteiger partial charge in [0, 0.05) is 12.8 Å². The molecule has 1 atom stereocenters. The third-order valence-corrected chi connectivity index (χ3v) is 3.26. The first-order chi connectivity index (χ1) is 11.1. The van der Waals surface area contributed by atoms with Crippen molar-refractivity contribution in [3.63, 3.8) is 0 Å². The maximum Gasteiger partial charge on any atom is 0.326 e. The van der Waals surface area contributed by atoms with Crippen LogP contribution in [0.3, 0.4) is 0 Å². The fraction of sp³-hybridized carbons (Fsp3) is 0.467. The van der Waals surface area contributed by atoms with Gasteiger partial charge in [-0.2, -0.15) is 4.98 Å². The quantitative estimate of drug-likeness (QED) is 0.725. The molecule has 2 aromatic heterocycles. The summed E-state index contributed by atoms with van der Waals surface area (Å²) in [5.41, 5.74) is 0. The standard InChI is InChI=1S/C15H19N3O5/c1-2-3-5-10(15(20)21)16-12(19)7-8-13-17-14(18-23-13)11-6-4-9-22-11/h4,6,9-10H,2-3,5,7-8H2,1H3,(H,16,19)(H,20,21). The molecule has 2 aromatic rings. The number of furan rings is 1. The van der Waals surface area contributed by atoms with Crippen LogP contribution < -0.4 is 5.32 Å². The zero-order valence-electron chi connectivity index (χ0n) is 12.8. The highest BCUT2D eigenvalue weighted by Gasteiger charge is 2.19. The van der Waals surface area contributed by atoms with Crippen LogP contribution in [0.15, 0.2) is 27.3 Å². The first-order valence-electron chi connectivity index (χ1n) is 7.48. The lowest BCUT2D eigenvalue weighted by Crippen LogP contribution is -2.40. The number of nitrogens with zero attached hydrogens (tertiary/aromatic N) is 2. The van der Waals surface area contributed by atoms with Crippen LogP contribution in [-0.4, -0.2) is 33.2 Å². The van der Waals surface area contributed by atoms with E-state index in [1.807, 2.05) is 6.92 Å². The fourth-order valence-corrected chi connectivity index (χ4v) is 2.01. The Balaban J connectivity index is 1.83. The van der Waals surface area contributed by atoms with Crippen LogP contribution >= 0.6 is 0 Å². The van der Waals surface area contributed by atoms with Gasteiger partial charge < -0.3 is 19.4 Å². The first kappa shape index (κ1) is 16.7. The van der Waals surface area contributed by atoms with Gasteiger partial charge in [0.1, 0.15) is 6.04 Å². The molecule has 0 aliphatic heterocycles. The van der Waals surface area contributed by atoms with E-state index in [1.165, 1.54) is 6.26 Å². The summed E-state index contributed by atoms with van der Waals surface area (Å²) < 4.78 is 10.2. The molecule has 2 N–H and O–H groups in total. The second kappa shape index (κ2) is 8.11. The molecule has 0 aliphatic carbocycles. The SMILES string of the molecule is CCCCC(NC(=O)CCc1nc(-c2ccco2)no1)C(=O)O. The summed E-state index contributed by atoms with van der Waals surface area (Å²) in [5, 5.41) is 15.3. The molecule has 0 fully saturated rings. The van der Waals surface area contributed by atoms with Gasteiger partial charge in [0.2, 0.25) is 17.6 Å². The molecule has 0 aliphatic rings. The molecule has 124 valence electrons. The van der Waals surface area contributed by atoms with Gasteiger partial charge in [0.25, 0.3) is 0 Å². The summed E-state index contributed by atoms with van der Waals surface area (Å²) >= 11 is 0. The predicted octanol–water partition coefficient (Wildman–Crippen LogP) is 2.02. The average molecular weight is 321 g/mol. The maximum atomic E-state index is 11.8. The van der Waals surface area contributed by atoms with Crippen molar-refractivity contribution in [3.05, 3.63) is 24.3 Å². The Labute approximate surface area is 132 Å². The van der Waals surface area contributed by atoms with Gasteiger partial charge in [-0.1, -0.05) is 24.9 Å². The molecule has 0 saturated carbocycles. The van der Waals surface area contributed by atoms with Crippen LogP contribution in [0, 0.1) is 0 Å². The Morgan fingerprint density at radius 3 is 2.91 bits per heavy atom. The van der Waals surface area contributed by atoms with E-state index in [0.717, 1.165) is 12.8 Å². The third kappa shape index (κ3) is 4.94. The van der Waals surface area contributed by atoms with Crippen LogP contribution in [0.2, 0.25) is 0 Å². The van der Waals surface area contributed by atoms with E-state index in [1.54, 1.807) is 12.1 Å². The highest BCUT2D eigenvalue weighted by molar-refractivity contribution is 5.83. The Morgan fingerprint density at radius 1 is 1.43 bits per heavy atom. The van der Waals surface area contributed by atoms with Crippen molar-refractivity contribution in [2.45, 2.75) is 45.1 Å². The van der Waals surface area contributed by atoms with E-state index in [4.69, 9.17) is 14.0 Å². The lowest BCUT2D eigenvalue weighted by Gasteiger charge is -2.13. The number of aryl methyl sites for hydroxylation is 1. The number of aromatic nitrogens is 2. The molecule has 1 unspecified atom stereocenters. The van der Waals surface area contributed by atoms with Gasteiger partial charge >= 0.3 is 5.97 Å². The maximum absolute atomic E-state index is 11.8. The van der Waals surface area contributed by atoms with Crippen molar-refractivity contribution in [1.29, 1.82) is 0 Å². The molecular formula is C15H19N3O5. The van der Waals surface area contributed by atoms with Crippen molar-refractivity contribution in [3.8, 4) is 11.6 Å². The van der Waals surface area contributed by atoms with E-state index >= 15 is 0 Å². The van der Waals surface area contributed by atoms with Crippen molar-refractivity contribution in [2.75, 3.05) is 0 Å². The van der Waals surface area contributed by atoms with E-state index in [2.05, 4.69) is 15.5 Å². The number of amides is 1. The zero-order valence-corrected chi connectivity index (χ0v) is 12.8. The summed E-state index contributed by atoms with van der Waals surface area (Å²) in [4.78, 5) is 27.1. The first-order valence-corrected chi connectivity index (χ1v) is 7.48. The van der Waals surface area contributed by atoms with Gasteiger partial charge in [-0.3, -0.25) is 4.79 Å². The predicted molar refractivity (Wildman–Crippen MR) is 79.4 cm³/mol. The Kier molecular flexibility index (Phi) is 5.90. The van der Waals surface area contributed by atoms with Crippen LogP contribution in [0.5, 0.6) is 0 Å². The Morgan fingerprint density at radius 2 is 2.26 bits per heavy atom. The average Bonchev–Trinajstić information content (AvgIpc) is 3.19. The van der Waals surface area contributed by atoms with E-state index in [-0.39, 0.29) is 18.7 Å². The van der Waals surface area contributed by atoms with Crippen molar-refractivity contribution in [1.82, 2.24) is 15.5 Å². The van der Waals surface area contributed by atoms with Crippen molar-refractivity contribution >= 4 is 11.9 Å². The number of rotatable bonds is 9. The highest BCUT2D eigenvalue weighted by atomic mass is 16.5. The monoisotopic (exact) mass is 321 g/mol. The summed E-state index contributed by atoms with van der Waals surface area (Å²) in [6.07, 6.45) is 3.85. The second-order valence-electron chi connectivity index (χ2n) is 5.09. The van der Waals surface area contributed by atoms with Gasteiger partial charge in [-0.25, -0.2) is 4.79 Å². The number of unbranched alkanes of at least 4 members (excludes halogenated alkanes) is 1. The van der Waals surface area contributed by atoms with E-state index in [0.29, 0.717) is 23.9 Å². The summed E-state index contributed by atoms with van der Waals surface area (Å²) in [5.74, 6) is -0.283. The van der Waals surface area contributed by atoms with Crippen LogP contribution in [0.1, 0.15) is 38.5 Å². The van der Waals surface area contributed by atoms with E-state index < -0.39 is 12.0 Å². The lowest BCUT2D eigenvalue weighted by atomic mass is 10.1. The number of carbonyl (C=O) groups excluding carboxylic acids is 1. The molecule has 2 rings (SSSR count). The number of hydrogen-bond donors (Lipinski definition) is 2. The molecule has 8 heteroatoms. The van der Waals surface area contributed by atoms with Crippen LogP contribution in [0.25, 0.3) is 11.6 Å². The minimum absolute atomic E-state index is 0.0791. The molecule has 0 saturated heterocycles. The number of carboxylic acids is 1.